The van der Waals surface area contributed by atoms with Crippen LogP contribution in [0.3, 0.4) is 0 Å². The predicted molar refractivity (Wildman–Crippen MR) is 235 cm³/mol. The largest absolute Gasteiger partial charge is 0.208 e. The van der Waals surface area contributed by atoms with E-state index in [1.165, 1.54) is 71.6 Å². The molecular formula is C54H35N3. The van der Waals surface area contributed by atoms with Crippen molar-refractivity contribution in [3.63, 3.8) is 0 Å². The highest BCUT2D eigenvalue weighted by atomic mass is 15.0. The Hall–Kier alpha value is -7.23. The average molecular weight is 726 g/mol. The minimum Gasteiger partial charge on any atom is -0.208 e. The molecule has 1 aromatic heterocycles. The second-order valence-electron chi connectivity index (χ2n) is 15.5. The van der Waals surface area contributed by atoms with Crippen molar-refractivity contribution in [2.75, 3.05) is 0 Å². The van der Waals surface area contributed by atoms with Gasteiger partial charge in [0, 0.05) is 16.7 Å². The molecule has 3 nitrogen and oxygen atoms in total. The Bertz CT molecular complexity index is 3270. The molecule has 0 saturated heterocycles. The lowest BCUT2D eigenvalue weighted by Crippen LogP contribution is -2.26. The summed E-state index contributed by atoms with van der Waals surface area (Å²) in [7, 11) is 0. The summed E-state index contributed by atoms with van der Waals surface area (Å²) in [6.45, 7) is 2.24. The minimum absolute atomic E-state index is 0.395. The number of nitrogens with zero attached hydrogens (tertiary/aromatic N) is 3. The molecule has 0 aliphatic heterocycles. The van der Waals surface area contributed by atoms with Crippen molar-refractivity contribution in [2.45, 2.75) is 18.8 Å². The van der Waals surface area contributed by atoms with Gasteiger partial charge < -0.3 is 0 Å². The number of aromatic nitrogens is 3. The fraction of sp³-hybridized carbons (Fsp3) is 0.0556. The highest BCUT2D eigenvalue weighted by molar-refractivity contribution is 6.18. The maximum atomic E-state index is 5.17. The molecule has 266 valence electrons. The van der Waals surface area contributed by atoms with Crippen molar-refractivity contribution in [1.29, 1.82) is 0 Å². The minimum atomic E-state index is -0.395. The third kappa shape index (κ3) is 4.57. The number of hydrogen-bond donors (Lipinski definition) is 0. The SMILES string of the molecule is Cc1cc2c3c(ccc4cccc(c43)C23c2ccccc2-c2c(C4=CC=C(c5nc(-c6ccccc6)nc(-c6cccc7ccccc67)n5)C=CC4)cccc23)c1. The molecule has 8 aromatic carbocycles. The van der Waals surface area contributed by atoms with Gasteiger partial charge in [-0.15, -0.1) is 0 Å². The van der Waals surface area contributed by atoms with E-state index in [4.69, 9.17) is 15.0 Å². The standard InChI is InChI=1S/C54H35N3/c1-33-31-39-30-28-36-18-11-25-45-48(36)49(39)47(32-33)54(45)44-24-8-7-21-43(44)50-41(22-12-26-46(50)54)35-16-9-19-38(29-27-35)52-55-51(37-14-3-2-4-15-37)56-53(57-52)42-23-10-17-34-13-5-6-20-40(34)42/h2-15,17-32H,16H2,1H3. The van der Waals surface area contributed by atoms with Gasteiger partial charge in [0.15, 0.2) is 17.5 Å². The van der Waals surface area contributed by atoms with Crippen LogP contribution in [0.25, 0.3) is 77.4 Å². The number of fused-ring (bicyclic) bond motifs is 8. The topological polar surface area (TPSA) is 38.7 Å². The monoisotopic (exact) mass is 725 g/mol. The lowest BCUT2D eigenvalue weighted by atomic mass is 9.69. The second kappa shape index (κ2) is 12.1. The Labute approximate surface area is 331 Å². The molecule has 3 heteroatoms. The third-order valence-electron chi connectivity index (χ3n) is 12.4. The second-order valence-corrected chi connectivity index (χ2v) is 15.5. The zero-order valence-electron chi connectivity index (χ0n) is 31.4. The molecule has 0 N–H and O–H groups in total. The summed E-state index contributed by atoms with van der Waals surface area (Å²) in [5.41, 5.74) is 14.5. The first-order valence-electron chi connectivity index (χ1n) is 19.7. The number of aryl methyl sites for hydroxylation is 1. The molecule has 12 rings (SSSR count). The van der Waals surface area contributed by atoms with Crippen molar-refractivity contribution >= 4 is 43.5 Å². The van der Waals surface area contributed by atoms with Gasteiger partial charge in [-0.2, -0.15) is 0 Å². The maximum Gasteiger partial charge on any atom is 0.164 e. The summed E-state index contributed by atoms with van der Waals surface area (Å²) in [6.07, 6.45) is 9.71. The van der Waals surface area contributed by atoms with Gasteiger partial charge in [-0.25, -0.2) is 15.0 Å². The van der Waals surface area contributed by atoms with Crippen LogP contribution in [-0.2, 0) is 5.41 Å². The fourth-order valence-corrected chi connectivity index (χ4v) is 10.1. The number of allylic oxidation sites excluding steroid dienone is 6. The van der Waals surface area contributed by atoms with Gasteiger partial charge in [0.1, 0.15) is 0 Å². The van der Waals surface area contributed by atoms with E-state index in [0.29, 0.717) is 17.5 Å². The van der Waals surface area contributed by atoms with Gasteiger partial charge in [0.25, 0.3) is 0 Å². The van der Waals surface area contributed by atoms with Gasteiger partial charge in [-0.1, -0.05) is 188 Å². The van der Waals surface area contributed by atoms with Crippen LogP contribution in [0.5, 0.6) is 0 Å². The smallest absolute Gasteiger partial charge is 0.164 e. The van der Waals surface area contributed by atoms with E-state index < -0.39 is 5.41 Å². The van der Waals surface area contributed by atoms with E-state index in [2.05, 4.69) is 171 Å². The van der Waals surface area contributed by atoms with Crippen LogP contribution in [0.15, 0.2) is 182 Å². The van der Waals surface area contributed by atoms with Gasteiger partial charge in [0.2, 0.25) is 0 Å². The first-order valence-corrected chi connectivity index (χ1v) is 19.7. The molecule has 57 heavy (non-hydrogen) atoms. The van der Waals surface area contributed by atoms with E-state index in [1.807, 2.05) is 18.2 Å². The molecule has 3 aliphatic rings. The summed E-state index contributed by atoms with van der Waals surface area (Å²) in [6, 6.07) is 57.3. The Balaban J connectivity index is 1.04. The quantitative estimate of drug-likeness (QED) is 0.170. The maximum absolute atomic E-state index is 5.17. The molecule has 3 aliphatic carbocycles. The van der Waals surface area contributed by atoms with Gasteiger partial charge >= 0.3 is 0 Å². The predicted octanol–water partition coefficient (Wildman–Crippen LogP) is 13.1. The van der Waals surface area contributed by atoms with Gasteiger partial charge in [0.05, 0.1) is 5.41 Å². The molecule has 0 amide bonds. The zero-order valence-corrected chi connectivity index (χ0v) is 31.4. The summed E-state index contributed by atoms with van der Waals surface area (Å²) in [4.78, 5) is 15.3. The highest BCUT2D eigenvalue weighted by Gasteiger charge is 2.51. The van der Waals surface area contributed by atoms with Gasteiger partial charge in [-0.05, 0) is 90.2 Å². The number of benzene rings is 8. The van der Waals surface area contributed by atoms with E-state index in [0.717, 1.165) is 33.9 Å². The van der Waals surface area contributed by atoms with Crippen molar-refractivity contribution in [2.24, 2.45) is 0 Å². The van der Waals surface area contributed by atoms with Crippen LogP contribution >= 0.6 is 0 Å². The zero-order chi connectivity index (χ0) is 37.7. The lowest BCUT2D eigenvalue weighted by Gasteiger charge is -2.31. The molecule has 1 spiro atoms. The van der Waals surface area contributed by atoms with Crippen LogP contribution in [0.4, 0.5) is 0 Å². The first kappa shape index (κ1) is 32.1. The lowest BCUT2D eigenvalue weighted by molar-refractivity contribution is 0.795. The molecule has 0 saturated carbocycles. The molecule has 0 fully saturated rings. The average Bonchev–Trinajstić information content (AvgIpc) is 3.59. The Kier molecular flexibility index (Phi) is 6.82. The van der Waals surface area contributed by atoms with E-state index >= 15 is 0 Å². The normalized spacial score (nSPS) is 16.3. The van der Waals surface area contributed by atoms with E-state index in [-0.39, 0.29) is 0 Å². The van der Waals surface area contributed by atoms with Crippen molar-refractivity contribution in [1.82, 2.24) is 15.0 Å². The molecule has 0 radical (unpaired) electrons. The van der Waals surface area contributed by atoms with E-state index in [9.17, 15) is 0 Å². The summed E-state index contributed by atoms with van der Waals surface area (Å²) in [5, 5.41) is 7.67. The van der Waals surface area contributed by atoms with Crippen molar-refractivity contribution in [3.8, 4) is 33.9 Å². The highest BCUT2D eigenvalue weighted by Crippen LogP contribution is 2.63. The summed E-state index contributed by atoms with van der Waals surface area (Å²) >= 11 is 0. The van der Waals surface area contributed by atoms with Crippen LogP contribution in [0, 0.1) is 6.92 Å². The molecular weight excluding hydrogens is 691 g/mol. The Morgan fingerprint density at radius 3 is 2.09 bits per heavy atom. The Morgan fingerprint density at radius 2 is 1.14 bits per heavy atom. The first-order chi connectivity index (χ1) is 28.2. The summed E-state index contributed by atoms with van der Waals surface area (Å²) < 4.78 is 0. The van der Waals surface area contributed by atoms with Crippen LogP contribution in [-0.4, -0.2) is 15.0 Å². The molecule has 1 unspecified atom stereocenters. The molecule has 9 aromatic rings. The fourth-order valence-electron chi connectivity index (χ4n) is 10.1. The third-order valence-corrected chi connectivity index (χ3v) is 12.4. The van der Waals surface area contributed by atoms with Gasteiger partial charge in [-0.3, -0.25) is 0 Å². The summed E-state index contributed by atoms with van der Waals surface area (Å²) in [5.74, 6) is 1.98. The molecule has 1 heterocycles. The van der Waals surface area contributed by atoms with Crippen molar-refractivity contribution in [3.05, 3.63) is 221 Å². The number of hydrogen-bond acceptors (Lipinski definition) is 3. The van der Waals surface area contributed by atoms with Crippen LogP contribution < -0.4 is 0 Å². The van der Waals surface area contributed by atoms with Crippen LogP contribution in [0.1, 0.15) is 45.6 Å². The molecule has 0 bridgehead atoms. The van der Waals surface area contributed by atoms with Crippen LogP contribution in [0.2, 0.25) is 0 Å². The van der Waals surface area contributed by atoms with Crippen molar-refractivity contribution < 1.29 is 0 Å². The number of rotatable bonds is 4. The van der Waals surface area contributed by atoms with E-state index in [1.54, 1.807) is 0 Å². The Morgan fingerprint density at radius 1 is 0.474 bits per heavy atom. The molecule has 1 atom stereocenters.